The molecule has 1 atom stereocenters. The molecule has 3 aromatic heterocycles. The van der Waals surface area contributed by atoms with Crippen LogP contribution in [0.4, 0.5) is 11.9 Å². The minimum absolute atomic E-state index is 0.0800. The lowest BCUT2D eigenvalue weighted by atomic mass is 10.0. The Morgan fingerprint density at radius 2 is 2.08 bits per heavy atom. The van der Waals surface area contributed by atoms with E-state index in [1.807, 2.05) is 30.3 Å². The normalized spacial score (nSPS) is 15.6. The minimum atomic E-state index is -0.428. The second-order valence-electron chi connectivity index (χ2n) is 9.00. The number of hydrogen-bond acceptors (Lipinski definition) is 11. The molecule has 10 nitrogen and oxygen atoms in total. The number of aliphatic hydroxyl groups is 1. The van der Waals surface area contributed by atoms with Gasteiger partial charge in [0.25, 0.3) is 0 Å². The lowest BCUT2D eigenvalue weighted by Gasteiger charge is -2.33. The summed E-state index contributed by atoms with van der Waals surface area (Å²) in [6.07, 6.45) is 5.40. The zero-order valence-corrected chi connectivity index (χ0v) is 22.2. The monoisotopic (exact) mass is 534 g/mol. The minimum Gasteiger partial charge on any atom is -0.462 e. The number of rotatable bonds is 9. The molecular weight excluding hydrogens is 504 g/mol. The highest BCUT2D eigenvalue weighted by Crippen LogP contribution is 2.29. The molecule has 1 aliphatic heterocycles. The molecule has 198 valence electrons. The van der Waals surface area contributed by atoms with Crippen LogP contribution < -0.4 is 9.80 Å². The van der Waals surface area contributed by atoms with Crippen molar-refractivity contribution >= 4 is 39.4 Å². The smallest absolute Gasteiger partial charge is 0.341 e. The number of aromatic nitrogens is 4. The van der Waals surface area contributed by atoms with E-state index in [1.165, 1.54) is 12.4 Å². The molecular formula is C27H30N6O4S. The van der Waals surface area contributed by atoms with E-state index < -0.39 is 5.97 Å². The Morgan fingerprint density at radius 1 is 1.24 bits per heavy atom. The van der Waals surface area contributed by atoms with E-state index in [0.29, 0.717) is 50.2 Å². The quantitative estimate of drug-likeness (QED) is 0.321. The largest absolute Gasteiger partial charge is 0.462 e. The molecule has 1 aliphatic rings. The van der Waals surface area contributed by atoms with Crippen molar-refractivity contribution in [2.45, 2.75) is 26.0 Å². The van der Waals surface area contributed by atoms with Gasteiger partial charge in [-0.15, -0.1) is 11.3 Å². The molecule has 4 aromatic rings. The zero-order chi connectivity index (χ0) is 26.5. The Morgan fingerprint density at radius 3 is 2.87 bits per heavy atom. The van der Waals surface area contributed by atoms with E-state index >= 15 is 0 Å². The summed E-state index contributed by atoms with van der Waals surface area (Å²) in [6, 6.07) is 10.3. The van der Waals surface area contributed by atoms with E-state index in [-0.39, 0.29) is 12.7 Å². The summed E-state index contributed by atoms with van der Waals surface area (Å²) in [5.74, 6) is 0.778. The number of thiophene rings is 1. The first-order valence-corrected chi connectivity index (χ1v) is 13.4. The third-order valence-corrected chi connectivity index (χ3v) is 7.31. The third-order valence-electron chi connectivity index (χ3n) is 6.27. The van der Waals surface area contributed by atoms with Gasteiger partial charge in [0.2, 0.25) is 11.9 Å². The second kappa shape index (κ2) is 11.8. The number of carbonyl (C=O) groups excluding carboxylic acids is 1. The van der Waals surface area contributed by atoms with E-state index in [0.717, 1.165) is 32.8 Å². The molecule has 0 radical (unpaired) electrons. The zero-order valence-electron chi connectivity index (χ0n) is 21.4. The molecule has 1 fully saturated rings. The lowest BCUT2D eigenvalue weighted by Crippen LogP contribution is -2.39. The predicted octanol–water partition coefficient (Wildman–Crippen LogP) is 3.41. The van der Waals surface area contributed by atoms with Gasteiger partial charge in [-0.1, -0.05) is 24.3 Å². The van der Waals surface area contributed by atoms with Crippen LogP contribution >= 0.6 is 11.3 Å². The molecule has 0 bridgehead atoms. The number of anilines is 2. The van der Waals surface area contributed by atoms with Crippen LogP contribution in [0.25, 0.3) is 10.2 Å². The van der Waals surface area contributed by atoms with Crippen LogP contribution in [-0.4, -0.2) is 71.0 Å². The average molecular weight is 535 g/mol. The summed E-state index contributed by atoms with van der Waals surface area (Å²) in [5, 5.41) is 9.27. The van der Waals surface area contributed by atoms with Gasteiger partial charge in [-0.25, -0.2) is 24.7 Å². The van der Waals surface area contributed by atoms with Crippen LogP contribution in [0.5, 0.6) is 0 Å². The van der Waals surface area contributed by atoms with Crippen LogP contribution in [0.3, 0.4) is 0 Å². The van der Waals surface area contributed by atoms with Gasteiger partial charge in [-0.05, 0) is 30.5 Å². The van der Waals surface area contributed by atoms with Crippen molar-refractivity contribution < 1.29 is 19.4 Å². The second-order valence-corrected chi connectivity index (χ2v) is 10.2. The molecule has 4 heterocycles. The maximum atomic E-state index is 11.8. The molecule has 1 saturated heterocycles. The highest BCUT2D eigenvalue weighted by atomic mass is 32.1. The van der Waals surface area contributed by atoms with Gasteiger partial charge < -0.3 is 24.4 Å². The fraction of sp³-hybridized carbons (Fsp3) is 0.370. The number of hydrogen-bond donors (Lipinski definition) is 1. The van der Waals surface area contributed by atoms with E-state index in [2.05, 4.69) is 38.1 Å². The van der Waals surface area contributed by atoms with Crippen LogP contribution in [0.15, 0.2) is 48.9 Å². The van der Waals surface area contributed by atoms with Crippen molar-refractivity contribution in [3.63, 3.8) is 0 Å². The molecule has 0 saturated carbocycles. The molecule has 0 spiro atoms. The van der Waals surface area contributed by atoms with Crippen molar-refractivity contribution in [1.82, 2.24) is 19.9 Å². The van der Waals surface area contributed by atoms with Crippen molar-refractivity contribution in [3.05, 3.63) is 70.5 Å². The average Bonchev–Trinajstić information content (AvgIpc) is 3.35. The number of fused-ring (bicyclic) bond motifs is 1. The highest BCUT2D eigenvalue weighted by molar-refractivity contribution is 7.19. The predicted molar refractivity (Wildman–Crippen MR) is 146 cm³/mol. The van der Waals surface area contributed by atoms with Gasteiger partial charge in [-0.3, -0.25) is 0 Å². The van der Waals surface area contributed by atoms with Gasteiger partial charge in [0.15, 0.2) is 0 Å². The number of nitrogens with zero attached hydrogens (tertiary/aromatic N) is 6. The van der Waals surface area contributed by atoms with Crippen molar-refractivity contribution in [3.8, 4) is 0 Å². The van der Waals surface area contributed by atoms with Crippen molar-refractivity contribution in [1.29, 1.82) is 0 Å². The molecule has 1 unspecified atom stereocenters. The van der Waals surface area contributed by atoms with E-state index in [1.54, 1.807) is 18.3 Å². The third kappa shape index (κ3) is 5.90. The molecule has 11 heteroatoms. The SMILES string of the molecule is CCOC(=O)c1cnc(N(C)Cc2cc3nc(N4CCOC(c5cccc(CCO)c5)C4)ncc3s2)nc1. The summed E-state index contributed by atoms with van der Waals surface area (Å²) in [7, 11) is 1.91. The first-order valence-electron chi connectivity index (χ1n) is 12.6. The number of ether oxygens (including phenoxy) is 2. The Hall–Kier alpha value is -3.67. The Balaban J connectivity index is 1.27. The topological polar surface area (TPSA) is 114 Å². The first-order chi connectivity index (χ1) is 18.5. The van der Waals surface area contributed by atoms with Crippen molar-refractivity contribution in [2.24, 2.45) is 0 Å². The Kier molecular flexibility index (Phi) is 8.06. The summed E-state index contributed by atoms with van der Waals surface area (Å²) in [4.78, 5) is 35.2. The molecule has 0 amide bonds. The first kappa shape index (κ1) is 26.0. The van der Waals surface area contributed by atoms with Gasteiger partial charge >= 0.3 is 5.97 Å². The van der Waals surface area contributed by atoms with Gasteiger partial charge in [-0.2, -0.15) is 0 Å². The van der Waals surface area contributed by atoms with Crippen LogP contribution in [0.1, 0.15) is 39.4 Å². The van der Waals surface area contributed by atoms with Crippen molar-refractivity contribution in [2.75, 3.05) is 49.8 Å². The van der Waals surface area contributed by atoms with Gasteiger partial charge in [0.1, 0.15) is 6.10 Å². The number of morpholine rings is 1. The summed E-state index contributed by atoms with van der Waals surface area (Å²) < 4.78 is 12.1. The number of esters is 1. The maximum absolute atomic E-state index is 11.8. The molecule has 1 aromatic carbocycles. The fourth-order valence-corrected chi connectivity index (χ4v) is 5.39. The standard InChI is InChI=1S/C27H30N6O4S/c1-3-36-25(35)20-13-28-26(29-14-20)32(2)16-21-12-22-24(38-21)15-30-27(31-22)33-8-10-37-23(17-33)19-6-4-5-18(11-19)7-9-34/h4-6,11-15,23,34H,3,7-10,16-17H2,1-2H3. The van der Waals surface area contributed by atoms with E-state index in [4.69, 9.17) is 14.5 Å². The fourth-order valence-electron chi connectivity index (χ4n) is 4.36. The lowest BCUT2D eigenvalue weighted by molar-refractivity contribution is 0.0392. The number of benzene rings is 1. The molecule has 38 heavy (non-hydrogen) atoms. The van der Waals surface area contributed by atoms with Gasteiger partial charge in [0.05, 0.1) is 48.3 Å². The maximum Gasteiger partial charge on any atom is 0.341 e. The molecule has 5 rings (SSSR count). The Bertz CT molecular complexity index is 1400. The van der Waals surface area contributed by atoms with Crippen LogP contribution in [0, 0.1) is 0 Å². The van der Waals surface area contributed by atoms with Crippen LogP contribution in [0.2, 0.25) is 0 Å². The van der Waals surface area contributed by atoms with E-state index in [9.17, 15) is 9.90 Å². The molecule has 0 aliphatic carbocycles. The van der Waals surface area contributed by atoms with Crippen LogP contribution in [-0.2, 0) is 22.4 Å². The molecule has 1 N–H and O–H groups in total. The summed E-state index contributed by atoms with van der Waals surface area (Å²) in [5.41, 5.74) is 3.42. The number of carbonyl (C=O) groups is 1. The Labute approximate surface area is 224 Å². The van der Waals surface area contributed by atoms with Gasteiger partial charge in [0, 0.05) is 37.5 Å². The highest BCUT2D eigenvalue weighted by Gasteiger charge is 2.24. The summed E-state index contributed by atoms with van der Waals surface area (Å²) >= 11 is 1.63. The summed E-state index contributed by atoms with van der Waals surface area (Å²) in [6.45, 7) is 4.76. The number of aliphatic hydroxyl groups excluding tert-OH is 1.